The maximum Gasteiger partial charge on any atom is 0.276 e. The zero-order valence-electron chi connectivity index (χ0n) is 13.9. The van der Waals surface area contributed by atoms with Crippen LogP contribution in [0.15, 0.2) is 47.4 Å². The number of hydrazine groups is 1. The third-order valence-corrected chi connectivity index (χ3v) is 3.98. The first kappa shape index (κ1) is 17.9. The number of hydrogen-bond donors (Lipinski definition) is 2. The third kappa shape index (κ3) is 5.31. The molecule has 2 aromatic carbocycles. The lowest BCUT2D eigenvalue weighted by atomic mass is 10.1. The molecule has 0 spiro atoms. The van der Waals surface area contributed by atoms with Crippen LogP contribution < -0.4 is 15.6 Å². The van der Waals surface area contributed by atoms with Crippen LogP contribution in [0.1, 0.15) is 21.5 Å². The fourth-order valence-corrected chi connectivity index (χ4v) is 2.55. The van der Waals surface area contributed by atoms with E-state index in [0.29, 0.717) is 11.3 Å². The first-order valence-corrected chi connectivity index (χ1v) is 8.65. The topological polar surface area (TPSA) is 67.4 Å². The van der Waals surface area contributed by atoms with Crippen LogP contribution in [0.4, 0.5) is 0 Å². The molecule has 0 aliphatic heterocycles. The minimum atomic E-state index is -0.428. The summed E-state index contributed by atoms with van der Waals surface area (Å²) in [6.07, 6.45) is 1.96. The second kappa shape index (κ2) is 8.40. The molecule has 0 radical (unpaired) electrons. The maximum atomic E-state index is 11.9. The first-order valence-electron chi connectivity index (χ1n) is 7.42. The van der Waals surface area contributed by atoms with Gasteiger partial charge in [0.05, 0.1) is 0 Å². The van der Waals surface area contributed by atoms with Gasteiger partial charge in [-0.2, -0.15) is 0 Å². The molecular weight excluding hydrogens is 324 g/mol. The van der Waals surface area contributed by atoms with Gasteiger partial charge in [0, 0.05) is 10.5 Å². The Kier molecular flexibility index (Phi) is 6.26. The molecule has 0 saturated heterocycles. The van der Waals surface area contributed by atoms with Gasteiger partial charge in [0.25, 0.3) is 11.8 Å². The van der Waals surface area contributed by atoms with Gasteiger partial charge < -0.3 is 4.74 Å². The van der Waals surface area contributed by atoms with Crippen LogP contribution in [-0.2, 0) is 4.79 Å². The molecule has 0 saturated carbocycles. The highest BCUT2D eigenvalue weighted by molar-refractivity contribution is 7.98. The van der Waals surface area contributed by atoms with E-state index in [0.717, 1.165) is 16.0 Å². The van der Waals surface area contributed by atoms with E-state index in [4.69, 9.17) is 4.74 Å². The standard InChI is InChI=1S/C18H20N2O3S/c1-12-8-13(2)10-15(9-12)23-11-17(21)19-20-18(22)14-4-6-16(24-3)7-5-14/h4-10H,11H2,1-3H3,(H,19,21)(H,20,22). The monoisotopic (exact) mass is 344 g/mol. The average molecular weight is 344 g/mol. The van der Waals surface area contributed by atoms with Gasteiger partial charge in [-0.15, -0.1) is 11.8 Å². The van der Waals surface area contributed by atoms with Crippen LogP contribution in [0.25, 0.3) is 0 Å². The van der Waals surface area contributed by atoms with E-state index in [1.807, 2.05) is 50.4 Å². The van der Waals surface area contributed by atoms with E-state index < -0.39 is 5.91 Å². The summed E-state index contributed by atoms with van der Waals surface area (Å²) in [6.45, 7) is 3.75. The van der Waals surface area contributed by atoms with Gasteiger partial charge in [-0.3, -0.25) is 20.4 Å². The highest BCUT2D eigenvalue weighted by Crippen LogP contribution is 2.16. The van der Waals surface area contributed by atoms with Crippen molar-refractivity contribution < 1.29 is 14.3 Å². The van der Waals surface area contributed by atoms with Gasteiger partial charge in [-0.05, 0) is 67.6 Å². The number of amides is 2. The number of thioether (sulfide) groups is 1. The Labute approximate surface area is 145 Å². The second-order valence-corrected chi connectivity index (χ2v) is 6.22. The third-order valence-electron chi connectivity index (χ3n) is 3.23. The minimum absolute atomic E-state index is 0.172. The summed E-state index contributed by atoms with van der Waals surface area (Å²) in [5, 5.41) is 0. The molecule has 24 heavy (non-hydrogen) atoms. The predicted molar refractivity (Wildman–Crippen MR) is 95.2 cm³/mol. The summed E-state index contributed by atoms with van der Waals surface area (Å²) in [5.74, 6) is -0.174. The van der Waals surface area contributed by atoms with E-state index in [2.05, 4.69) is 10.9 Å². The number of hydrogen-bond acceptors (Lipinski definition) is 4. The van der Waals surface area contributed by atoms with Crippen LogP contribution in [0.2, 0.25) is 0 Å². The zero-order valence-corrected chi connectivity index (χ0v) is 14.7. The van der Waals surface area contributed by atoms with Crippen molar-refractivity contribution >= 4 is 23.6 Å². The van der Waals surface area contributed by atoms with Gasteiger partial charge in [0.2, 0.25) is 0 Å². The van der Waals surface area contributed by atoms with E-state index in [9.17, 15) is 9.59 Å². The lowest BCUT2D eigenvalue weighted by Gasteiger charge is -2.10. The number of carbonyl (C=O) groups excluding carboxylic acids is 2. The van der Waals surface area contributed by atoms with Crippen molar-refractivity contribution in [3.8, 4) is 5.75 Å². The molecule has 2 amide bonds. The Morgan fingerprint density at radius 1 is 1.00 bits per heavy atom. The fourth-order valence-electron chi connectivity index (χ4n) is 2.14. The largest absolute Gasteiger partial charge is 0.484 e. The van der Waals surface area contributed by atoms with Gasteiger partial charge in [0.15, 0.2) is 6.61 Å². The number of rotatable bonds is 5. The van der Waals surface area contributed by atoms with Gasteiger partial charge in [-0.25, -0.2) is 0 Å². The molecule has 2 rings (SSSR count). The summed E-state index contributed by atoms with van der Waals surface area (Å²) in [7, 11) is 0. The molecule has 0 atom stereocenters. The Balaban J connectivity index is 1.80. The Hall–Kier alpha value is -2.47. The summed E-state index contributed by atoms with van der Waals surface area (Å²) < 4.78 is 5.43. The number of benzene rings is 2. The van der Waals surface area contributed by atoms with E-state index >= 15 is 0 Å². The zero-order chi connectivity index (χ0) is 17.5. The molecular formula is C18H20N2O3S. The lowest BCUT2D eigenvalue weighted by molar-refractivity contribution is -0.123. The van der Waals surface area contributed by atoms with Crippen molar-refractivity contribution in [2.45, 2.75) is 18.7 Å². The number of carbonyl (C=O) groups is 2. The maximum absolute atomic E-state index is 11.9. The molecule has 126 valence electrons. The molecule has 0 aromatic heterocycles. The average Bonchev–Trinajstić information content (AvgIpc) is 2.57. The van der Waals surface area contributed by atoms with Crippen LogP contribution in [0.5, 0.6) is 5.75 Å². The molecule has 2 N–H and O–H groups in total. The highest BCUT2D eigenvalue weighted by atomic mass is 32.2. The van der Waals surface area contributed by atoms with Crippen molar-refractivity contribution in [1.29, 1.82) is 0 Å². The molecule has 0 heterocycles. The van der Waals surface area contributed by atoms with Gasteiger partial charge >= 0.3 is 0 Å². The van der Waals surface area contributed by atoms with E-state index in [-0.39, 0.29) is 12.5 Å². The molecule has 0 fully saturated rings. The molecule has 6 heteroatoms. The molecule has 0 bridgehead atoms. The molecule has 0 aliphatic carbocycles. The quantitative estimate of drug-likeness (QED) is 0.646. The Bertz CT molecular complexity index is 709. The molecule has 5 nitrogen and oxygen atoms in total. The first-order chi connectivity index (χ1) is 11.5. The summed E-state index contributed by atoms with van der Waals surface area (Å²) in [5.41, 5.74) is 7.31. The van der Waals surface area contributed by atoms with Gasteiger partial charge in [-0.1, -0.05) is 6.07 Å². The van der Waals surface area contributed by atoms with E-state index in [1.54, 1.807) is 23.9 Å². The van der Waals surface area contributed by atoms with Crippen molar-refractivity contribution in [2.24, 2.45) is 0 Å². The van der Waals surface area contributed by atoms with Crippen molar-refractivity contribution in [3.63, 3.8) is 0 Å². The highest BCUT2D eigenvalue weighted by Gasteiger charge is 2.08. The Morgan fingerprint density at radius 2 is 1.62 bits per heavy atom. The second-order valence-electron chi connectivity index (χ2n) is 5.34. The predicted octanol–water partition coefficient (Wildman–Crippen LogP) is 2.87. The van der Waals surface area contributed by atoms with Crippen LogP contribution in [0.3, 0.4) is 0 Å². The van der Waals surface area contributed by atoms with Crippen molar-refractivity contribution in [1.82, 2.24) is 10.9 Å². The smallest absolute Gasteiger partial charge is 0.276 e. The minimum Gasteiger partial charge on any atom is -0.484 e. The van der Waals surface area contributed by atoms with Crippen molar-refractivity contribution in [2.75, 3.05) is 12.9 Å². The lowest BCUT2D eigenvalue weighted by Crippen LogP contribution is -2.43. The number of aryl methyl sites for hydroxylation is 2. The molecule has 0 aliphatic rings. The summed E-state index contributed by atoms with van der Waals surface area (Å²) >= 11 is 1.60. The van der Waals surface area contributed by atoms with Crippen LogP contribution in [0, 0.1) is 13.8 Å². The SMILES string of the molecule is CSc1ccc(C(=O)NNC(=O)COc2cc(C)cc(C)c2)cc1. The van der Waals surface area contributed by atoms with Gasteiger partial charge in [0.1, 0.15) is 5.75 Å². The van der Waals surface area contributed by atoms with E-state index in [1.165, 1.54) is 0 Å². The number of nitrogens with one attached hydrogen (secondary N) is 2. The number of ether oxygens (including phenoxy) is 1. The summed E-state index contributed by atoms with van der Waals surface area (Å²) in [6, 6.07) is 12.8. The van der Waals surface area contributed by atoms with Crippen molar-refractivity contribution in [3.05, 3.63) is 59.2 Å². The molecule has 2 aromatic rings. The summed E-state index contributed by atoms with van der Waals surface area (Å²) in [4.78, 5) is 24.8. The molecule has 0 unspecified atom stereocenters. The van der Waals surface area contributed by atoms with Crippen LogP contribution >= 0.6 is 11.8 Å². The van der Waals surface area contributed by atoms with Crippen LogP contribution in [-0.4, -0.2) is 24.7 Å². The fraction of sp³-hybridized carbons (Fsp3) is 0.222. The Morgan fingerprint density at radius 3 is 2.21 bits per heavy atom. The normalized spacial score (nSPS) is 10.1.